The molecule has 1 heteroatoms. The van der Waals surface area contributed by atoms with Crippen LogP contribution in [0.15, 0.2) is 97.1 Å². The number of benzene rings is 4. The Bertz CT molecular complexity index is 1200. The zero-order valence-electron chi connectivity index (χ0n) is 14.4. The summed E-state index contributed by atoms with van der Waals surface area (Å²) in [5.41, 5.74) is 5.28. The molecule has 0 aliphatic carbocycles. The molecule has 5 aromatic rings. The SMILES string of the molecule is c1ccc(-c2cccc(Cc3ccc4c(c3)sc3ccccc34)c2)cc1. The molecule has 124 valence electrons. The Morgan fingerprint density at radius 2 is 1.23 bits per heavy atom. The molecule has 0 saturated heterocycles. The van der Waals surface area contributed by atoms with Crippen molar-refractivity contribution >= 4 is 31.5 Å². The lowest BCUT2D eigenvalue weighted by Crippen LogP contribution is -1.88. The van der Waals surface area contributed by atoms with Crippen molar-refractivity contribution in [2.24, 2.45) is 0 Å². The first-order valence-corrected chi connectivity index (χ1v) is 9.73. The Balaban J connectivity index is 1.50. The van der Waals surface area contributed by atoms with E-state index in [4.69, 9.17) is 0 Å². The Morgan fingerprint density at radius 1 is 0.500 bits per heavy atom. The second kappa shape index (κ2) is 6.44. The van der Waals surface area contributed by atoms with E-state index in [2.05, 4.69) is 97.1 Å². The lowest BCUT2D eigenvalue weighted by molar-refractivity contribution is 1.20. The third-order valence-corrected chi connectivity index (χ3v) is 6.02. The Labute approximate surface area is 157 Å². The molecule has 1 aromatic heterocycles. The van der Waals surface area contributed by atoms with Crippen molar-refractivity contribution in [3.8, 4) is 11.1 Å². The van der Waals surface area contributed by atoms with E-state index in [0.717, 1.165) is 6.42 Å². The van der Waals surface area contributed by atoms with Crippen LogP contribution >= 0.6 is 11.3 Å². The third kappa shape index (κ3) is 2.81. The van der Waals surface area contributed by atoms with Crippen molar-refractivity contribution in [1.29, 1.82) is 0 Å². The van der Waals surface area contributed by atoms with Gasteiger partial charge in [-0.25, -0.2) is 0 Å². The summed E-state index contributed by atoms with van der Waals surface area (Å²) in [7, 11) is 0. The van der Waals surface area contributed by atoms with Gasteiger partial charge in [0.05, 0.1) is 0 Å². The van der Waals surface area contributed by atoms with Gasteiger partial charge < -0.3 is 0 Å². The van der Waals surface area contributed by atoms with Gasteiger partial charge in [-0.15, -0.1) is 11.3 Å². The minimum Gasteiger partial charge on any atom is -0.135 e. The van der Waals surface area contributed by atoms with Crippen LogP contribution in [0, 0.1) is 0 Å². The fraction of sp³-hybridized carbons (Fsp3) is 0.0400. The van der Waals surface area contributed by atoms with Gasteiger partial charge in [0.25, 0.3) is 0 Å². The summed E-state index contributed by atoms with van der Waals surface area (Å²) in [6, 6.07) is 35.1. The molecule has 0 spiro atoms. The van der Waals surface area contributed by atoms with E-state index in [1.807, 2.05) is 11.3 Å². The largest absolute Gasteiger partial charge is 0.135 e. The minimum absolute atomic E-state index is 0.963. The van der Waals surface area contributed by atoms with Gasteiger partial charge in [-0.1, -0.05) is 84.9 Å². The molecule has 0 radical (unpaired) electrons. The molecule has 26 heavy (non-hydrogen) atoms. The number of fused-ring (bicyclic) bond motifs is 3. The van der Waals surface area contributed by atoms with Crippen molar-refractivity contribution in [2.75, 3.05) is 0 Å². The van der Waals surface area contributed by atoms with Gasteiger partial charge in [-0.05, 0) is 40.8 Å². The van der Waals surface area contributed by atoms with E-state index in [0.29, 0.717) is 0 Å². The molecule has 0 aliphatic heterocycles. The predicted molar refractivity (Wildman–Crippen MR) is 114 cm³/mol. The number of hydrogen-bond donors (Lipinski definition) is 0. The Morgan fingerprint density at radius 3 is 2.15 bits per heavy atom. The molecule has 0 amide bonds. The highest BCUT2D eigenvalue weighted by Gasteiger charge is 2.06. The van der Waals surface area contributed by atoms with Gasteiger partial charge in [-0.3, -0.25) is 0 Å². The van der Waals surface area contributed by atoms with Crippen LogP contribution in [-0.2, 0) is 6.42 Å². The predicted octanol–water partition coefficient (Wildman–Crippen LogP) is 7.31. The highest BCUT2D eigenvalue weighted by Crippen LogP contribution is 2.34. The molecule has 0 atom stereocenters. The molecule has 0 nitrogen and oxygen atoms in total. The van der Waals surface area contributed by atoms with Crippen LogP contribution in [0.2, 0.25) is 0 Å². The molecule has 0 unspecified atom stereocenters. The summed E-state index contributed by atoms with van der Waals surface area (Å²) in [4.78, 5) is 0. The van der Waals surface area contributed by atoms with Gasteiger partial charge >= 0.3 is 0 Å². The minimum atomic E-state index is 0.963. The fourth-order valence-electron chi connectivity index (χ4n) is 3.61. The Hall–Kier alpha value is -2.90. The zero-order valence-corrected chi connectivity index (χ0v) is 15.2. The lowest BCUT2D eigenvalue weighted by atomic mass is 9.99. The molecule has 0 N–H and O–H groups in total. The summed E-state index contributed by atoms with van der Waals surface area (Å²) in [5, 5.41) is 2.73. The van der Waals surface area contributed by atoms with E-state index in [-0.39, 0.29) is 0 Å². The van der Waals surface area contributed by atoms with Crippen LogP contribution in [0.4, 0.5) is 0 Å². The second-order valence-electron chi connectivity index (χ2n) is 6.67. The average molecular weight is 350 g/mol. The Kier molecular flexibility index (Phi) is 3.80. The zero-order chi connectivity index (χ0) is 17.3. The summed E-state index contributed by atoms with van der Waals surface area (Å²) >= 11 is 1.89. The van der Waals surface area contributed by atoms with Gasteiger partial charge in [-0.2, -0.15) is 0 Å². The maximum absolute atomic E-state index is 2.36. The number of thiophene rings is 1. The molecular weight excluding hydrogens is 332 g/mol. The van der Waals surface area contributed by atoms with E-state index < -0.39 is 0 Å². The van der Waals surface area contributed by atoms with E-state index in [1.54, 1.807) is 0 Å². The maximum atomic E-state index is 2.36. The van der Waals surface area contributed by atoms with Crippen molar-refractivity contribution < 1.29 is 0 Å². The molecule has 4 aromatic carbocycles. The van der Waals surface area contributed by atoms with E-state index >= 15 is 0 Å². The number of rotatable bonds is 3. The summed E-state index contributed by atoms with van der Waals surface area (Å²) in [6.07, 6.45) is 0.963. The van der Waals surface area contributed by atoms with Crippen molar-refractivity contribution in [3.05, 3.63) is 108 Å². The van der Waals surface area contributed by atoms with E-state index in [9.17, 15) is 0 Å². The lowest BCUT2D eigenvalue weighted by Gasteiger charge is -2.06. The van der Waals surface area contributed by atoms with Crippen LogP contribution in [0.3, 0.4) is 0 Å². The van der Waals surface area contributed by atoms with Crippen LogP contribution in [-0.4, -0.2) is 0 Å². The standard InChI is InChI=1S/C25H18S/c1-2-8-20(9-3-1)21-10-6-7-18(16-21)15-19-13-14-23-22-11-4-5-12-24(22)26-25(23)17-19/h1-14,16-17H,15H2. The van der Waals surface area contributed by atoms with E-state index in [1.165, 1.54) is 42.4 Å². The molecular formula is C25H18S. The van der Waals surface area contributed by atoms with Gasteiger partial charge in [0.2, 0.25) is 0 Å². The quantitative estimate of drug-likeness (QED) is 0.320. The fourth-order valence-corrected chi connectivity index (χ4v) is 4.78. The third-order valence-electron chi connectivity index (χ3n) is 4.89. The molecule has 0 aliphatic rings. The first kappa shape index (κ1) is 15.4. The monoisotopic (exact) mass is 350 g/mol. The molecule has 0 bridgehead atoms. The normalized spacial score (nSPS) is 11.2. The van der Waals surface area contributed by atoms with Gasteiger partial charge in [0.15, 0.2) is 0 Å². The van der Waals surface area contributed by atoms with Crippen LogP contribution in [0.1, 0.15) is 11.1 Å². The van der Waals surface area contributed by atoms with Crippen molar-refractivity contribution in [2.45, 2.75) is 6.42 Å². The highest BCUT2D eigenvalue weighted by molar-refractivity contribution is 7.25. The first-order valence-electron chi connectivity index (χ1n) is 8.91. The molecule has 1 heterocycles. The van der Waals surface area contributed by atoms with Crippen molar-refractivity contribution in [3.63, 3.8) is 0 Å². The van der Waals surface area contributed by atoms with Crippen LogP contribution in [0.5, 0.6) is 0 Å². The maximum Gasteiger partial charge on any atom is 0.0358 e. The van der Waals surface area contributed by atoms with Crippen LogP contribution < -0.4 is 0 Å². The van der Waals surface area contributed by atoms with Gasteiger partial charge in [0, 0.05) is 20.2 Å². The molecule has 5 rings (SSSR count). The first-order chi connectivity index (χ1) is 12.9. The topological polar surface area (TPSA) is 0 Å². The molecule has 0 saturated carbocycles. The smallest absolute Gasteiger partial charge is 0.0358 e. The summed E-state index contributed by atoms with van der Waals surface area (Å²) in [6.45, 7) is 0. The van der Waals surface area contributed by atoms with Gasteiger partial charge in [0.1, 0.15) is 0 Å². The summed E-state index contributed by atoms with van der Waals surface area (Å²) < 4.78 is 2.74. The average Bonchev–Trinajstić information content (AvgIpc) is 3.07. The van der Waals surface area contributed by atoms with Crippen molar-refractivity contribution in [1.82, 2.24) is 0 Å². The number of hydrogen-bond acceptors (Lipinski definition) is 1. The highest BCUT2D eigenvalue weighted by atomic mass is 32.1. The van der Waals surface area contributed by atoms with Crippen LogP contribution in [0.25, 0.3) is 31.3 Å². The molecule has 0 fully saturated rings. The second-order valence-corrected chi connectivity index (χ2v) is 7.76. The summed E-state index contributed by atoms with van der Waals surface area (Å²) in [5.74, 6) is 0.